The molecule has 0 aliphatic heterocycles. The van der Waals surface area contributed by atoms with Crippen molar-refractivity contribution in [1.82, 2.24) is 4.90 Å². The van der Waals surface area contributed by atoms with Gasteiger partial charge in [-0.05, 0) is 25.1 Å². The van der Waals surface area contributed by atoms with E-state index in [0.29, 0.717) is 18.0 Å². The van der Waals surface area contributed by atoms with Crippen molar-refractivity contribution in [3.8, 4) is 0 Å². The van der Waals surface area contributed by atoms with Gasteiger partial charge in [0.1, 0.15) is 0 Å². The van der Waals surface area contributed by atoms with Gasteiger partial charge < -0.3 is 4.90 Å². The van der Waals surface area contributed by atoms with Crippen LogP contribution in [0.3, 0.4) is 0 Å². The van der Waals surface area contributed by atoms with Gasteiger partial charge in [0.15, 0.2) is 5.78 Å². The maximum absolute atomic E-state index is 11.3. The topological polar surface area (TPSA) is 20.3 Å². The molecule has 0 atom stereocenters. The van der Waals surface area contributed by atoms with Crippen molar-refractivity contribution in [1.29, 1.82) is 0 Å². The van der Waals surface area contributed by atoms with Gasteiger partial charge in [-0.25, -0.2) is 0 Å². The molecule has 2 nitrogen and oxygen atoms in total. The summed E-state index contributed by atoms with van der Waals surface area (Å²) in [4.78, 5) is 13.6. The monoisotopic (exact) mass is 221 g/mol. The van der Waals surface area contributed by atoms with Crippen LogP contribution >= 0.6 is 0 Å². The quantitative estimate of drug-likeness (QED) is 0.524. The molecule has 1 saturated carbocycles. The van der Waals surface area contributed by atoms with E-state index in [1.54, 1.807) is 0 Å². The highest BCUT2D eigenvalue weighted by Crippen LogP contribution is 2.21. The second-order valence-electron chi connectivity index (χ2n) is 4.58. The van der Waals surface area contributed by atoms with Crippen LogP contribution in [-0.4, -0.2) is 23.8 Å². The predicted molar refractivity (Wildman–Crippen MR) is 68.2 cm³/mol. The van der Waals surface area contributed by atoms with E-state index in [0.717, 1.165) is 0 Å². The maximum Gasteiger partial charge on any atom is 0.162 e. The highest BCUT2D eigenvalue weighted by atomic mass is 16.1. The van der Waals surface area contributed by atoms with Gasteiger partial charge in [0.2, 0.25) is 0 Å². The summed E-state index contributed by atoms with van der Waals surface area (Å²) in [6, 6.07) is 0.648. The molecular weight excluding hydrogens is 198 g/mol. The van der Waals surface area contributed by atoms with Crippen molar-refractivity contribution < 1.29 is 4.79 Å². The van der Waals surface area contributed by atoms with Crippen molar-refractivity contribution >= 4 is 5.78 Å². The molecule has 0 saturated heterocycles. The summed E-state index contributed by atoms with van der Waals surface area (Å²) in [5, 5.41) is 0. The van der Waals surface area contributed by atoms with E-state index in [4.69, 9.17) is 0 Å². The molecule has 0 aromatic heterocycles. The summed E-state index contributed by atoms with van der Waals surface area (Å²) >= 11 is 0. The van der Waals surface area contributed by atoms with E-state index < -0.39 is 0 Å². The first-order valence-corrected chi connectivity index (χ1v) is 6.27. The first-order valence-electron chi connectivity index (χ1n) is 6.27. The van der Waals surface area contributed by atoms with Crippen LogP contribution in [0.15, 0.2) is 24.4 Å². The summed E-state index contributed by atoms with van der Waals surface area (Å²) in [7, 11) is 2.09. The zero-order valence-electron chi connectivity index (χ0n) is 10.5. The van der Waals surface area contributed by atoms with Crippen molar-refractivity contribution in [2.24, 2.45) is 0 Å². The van der Waals surface area contributed by atoms with E-state index in [1.165, 1.54) is 32.1 Å². The standard InChI is InChI=1S/C14H23NO/c1-4-14(16)12(2)10-11-15(3)13-8-6-5-7-9-13/h10-11,13H,2,4-9H2,1,3H3/b11-10-. The third-order valence-electron chi connectivity index (χ3n) is 3.34. The summed E-state index contributed by atoms with van der Waals surface area (Å²) < 4.78 is 0. The summed E-state index contributed by atoms with van der Waals surface area (Å²) in [6.07, 6.45) is 11.0. The first kappa shape index (κ1) is 13.0. The summed E-state index contributed by atoms with van der Waals surface area (Å²) in [6.45, 7) is 5.65. The fraction of sp³-hybridized carbons (Fsp3) is 0.643. The van der Waals surface area contributed by atoms with Crippen LogP contribution in [0.25, 0.3) is 0 Å². The Morgan fingerprint density at radius 2 is 2.00 bits per heavy atom. The average Bonchev–Trinajstić information content (AvgIpc) is 2.35. The molecule has 0 N–H and O–H groups in total. The zero-order valence-corrected chi connectivity index (χ0v) is 10.5. The number of carbonyl (C=O) groups is 1. The Bertz CT molecular complexity index is 274. The summed E-state index contributed by atoms with van der Waals surface area (Å²) in [5.74, 6) is 0.133. The SMILES string of the molecule is C=C(/C=C\N(C)C1CCCCC1)C(=O)CC. The van der Waals surface area contributed by atoms with Gasteiger partial charge in [0, 0.05) is 25.1 Å². The number of ketones is 1. The molecule has 0 unspecified atom stereocenters. The molecule has 0 aromatic carbocycles. The van der Waals surface area contributed by atoms with Crippen LogP contribution in [0.1, 0.15) is 45.4 Å². The molecule has 16 heavy (non-hydrogen) atoms. The van der Waals surface area contributed by atoms with Crippen LogP contribution in [0, 0.1) is 0 Å². The highest BCUT2D eigenvalue weighted by molar-refractivity contribution is 5.97. The minimum Gasteiger partial charge on any atom is -0.377 e. The molecular formula is C14H23NO. The van der Waals surface area contributed by atoms with E-state index in [9.17, 15) is 4.79 Å². The number of hydrogen-bond acceptors (Lipinski definition) is 2. The molecule has 0 bridgehead atoms. The van der Waals surface area contributed by atoms with Gasteiger partial charge in [-0.15, -0.1) is 0 Å². The molecule has 0 radical (unpaired) electrons. The number of Topliss-reactive ketones (excluding diaryl/α,β-unsaturated/α-hetero) is 1. The van der Waals surface area contributed by atoms with Crippen molar-refractivity contribution in [2.45, 2.75) is 51.5 Å². The van der Waals surface area contributed by atoms with Gasteiger partial charge in [-0.3, -0.25) is 4.79 Å². The third-order valence-corrected chi connectivity index (χ3v) is 3.34. The van der Waals surface area contributed by atoms with Crippen LogP contribution in [0.5, 0.6) is 0 Å². The lowest BCUT2D eigenvalue weighted by Gasteiger charge is -2.30. The first-order chi connectivity index (χ1) is 7.65. The zero-order chi connectivity index (χ0) is 12.0. The molecule has 1 rings (SSSR count). The van der Waals surface area contributed by atoms with Crippen molar-refractivity contribution in [3.05, 3.63) is 24.4 Å². The minimum atomic E-state index is 0.133. The van der Waals surface area contributed by atoms with Gasteiger partial charge in [-0.2, -0.15) is 0 Å². The highest BCUT2D eigenvalue weighted by Gasteiger charge is 2.15. The van der Waals surface area contributed by atoms with E-state index in [1.807, 2.05) is 19.2 Å². The fourth-order valence-electron chi connectivity index (χ4n) is 2.14. The molecule has 0 aromatic rings. The van der Waals surface area contributed by atoms with Crippen LogP contribution < -0.4 is 0 Å². The van der Waals surface area contributed by atoms with Crippen molar-refractivity contribution in [2.75, 3.05) is 7.05 Å². The lowest BCUT2D eigenvalue weighted by Crippen LogP contribution is -2.29. The molecule has 90 valence electrons. The van der Waals surface area contributed by atoms with Crippen LogP contribution in [-0.2, 0) is 4.79 Å². The van der Waals surface area contributed by atoms with Crippen LogP contribution in [0.2, 0.25) is 0 Å². The Hall–Kier alpha value is -1.05. The lowest BCUT2D eigenvalue weighted by molar-refractivity contribution is -0.114. The second kappa shape index (κ2) is 6.51. The van der Waals surface area contributed by atoms with E-state index in [2.05, 4.69) is 18.5 Å². The number of allylic oxidation sites excluding steroid dienone is 2. The van der Waals surface area contributed by atoms with Gasteiger partial charge in [0.05, 0.1) is 0 Å². The molecule has 1 aliphatic carbocycles. The Morgan fingerprint density at radius 3 is 2.56 bits per heavy atom. The molecule has 2 heteroatoms. The number of rotatable bonds is 5. The Labute approximate surface area is 99.0 Å². The van der Waals surface area contributed by atoms with Gasteiger partial charge >= 0.3 is 0 Å². The third kappa shape index (κ3) is 3.84. The van der Waals surface area contributed by atoms with Crippen molar-refractivity contribution in [3.63, 3.8) is 0 Å². The fourth-order valence-corrected chi connectivity index (χ4v) is 2.14. The lowest BCUT2D eigenvalue weighted by atomic mass is 9.95. The largest absolute Gasteiger partial charge is 0.377 e. The average molecular weight is 221 g/mol. The second-order valence-corrected chi connectivity index (χ2v) is 4.58. The number of carbonyl (C=O) groups excluding carboxylic acids is 1. The number of hydrogen-bond donors (Lipinski definition) is 0. The maximum atomic E-state index is 11.3. The molecule has 0 amide bonds. The summed E-state index contributed by atoms with van der Waals surface area (Å²) in [5.41, 5.74) is 0.616. The van der Waals surface area contributed by atoms with Gasteiger partial charge in [0.25, 0.3) is 0 Å². The molecule has 1 fully saturated rings. The van der Waals surface area contributed by atoms with Crippen LogP contribution in [0.4, 0.5) is 0 Å². The molecule has 0 heterocycles. The smallest absolute Gasteiger partial charge is 0.162 e. The Morgan fingerprint density at radius 1 is 1.38 bits per heavy atom. The Balaban J connectivity index is 2.43. The molecule has 0 spiro atoms. The van der Waals surface area contributed by atoms with Gasteiger partial charge in [-0.1, -0.05) is 32.8 Å². The van der Waals surface area contributed by atoms with E-state index >= 15 is 0 Å². The van der Waals surface area contributed by atoms with E-state index in [-0.39, 0.29) is 5.78 Å². The number of nitrogens with zero attached hydrogens (tertiary/aromatic N) is 1. The molecule has 1 aliphatic rings. The normalized spacial score (nSPS) is 17.6. The predicted octanol–water partition coefficient (Wildman–Crippen LogP) is 3.30. The Kier molecular flexibility index (Phi) is 5.30. The minimum absolute atomic E-state index is 0.133.